The molecule has 2 aliphatic rings. The Hall–Kier alpha value is -2.83. The number of rotatable bonds is 3. The molecule has 0 radical (unpaired) electrons. The maximum atomic E-state index is 12.4. The van der Waals surface area contributed by atoms with E-state index in [-0.39, 0.29) is 11.5 Å². The van der Waals surface area contributed by atoms with E-state index >= 15 is 0 Å². The maximum Gasteiger partial charge on any atom is 0.206 e. The van der Waals surface area contributed by atoms with Gasteiger partial charge in [-0.05, 0) is 36.4 Å². The van der Waals surface area contributed by atoms with Crippen LogP contribution in [0.4, 0.5) is 0 Å². The van der Waals surface area contributed by atoms with Crippen molar-refractivity contribution >= 4 is 35.6 Å². The number of carbonyl (C=O) groups excluding carboxylic acids is 1. The Kier molecular flexibility index (Phi) is 5.09. The molecular formula is C21H14O4S2. The number of para-hydroxylation sites is 2. The lowest BCUT2D eigenvalue weighted by atomic mass is 10.1. The summed E-state index contributed by atoms with van der Waals surface area (Å²) in [5.41, 5.74) is 1.23. The predicted molar refractivity (Wildman–Crippen MR) is 110 cm³/mol. The summed E-state index contributed by atoms with van der Waals surface area (Å²) in [5.74, 6) is 1.37. The van der Waals surface area contributed by atoms with Crippen LogP contribution in [-0.4, -0.2) is 10.9 Å². The van der Waals surface area contributed by atoms with Crippen molar-refractivity contribution in [2.75, 3.05) is 0 Å². The highest BCUT2D eigenvalue weighted by Crippen LogP contribution is 2.39. The molecule has 2 aliphatic heterocycles. The standard InChI is InChI=1S/C21H14O4S2/c22-20-14-8-4-6-10-16(14)24-26-18(20)12-2-1-3-13-19-21(23)15-9-5-7-11-17(15)25-27-19/h1-13,22H/b3-1?,12-2?,19-13-. The highest BCUT2D eigenvalue weighted by molar-refractivity contribution is 8.00. The largest absolute Gasteiger partial charge is 0.506 e. The number of allylic oxidation sites excluding steroid dienone is 6. The summed E-state index contributed by atoms with van der Waals surface area (Å²) in [5, 5.41) is 10.3. The highest BCUT2D eigenvalue weighted by atomic mass is 32.2. The van der Waals surface area contributed by atoms with E-state index in [2.05, 4.69) is 0 Å². The smallest absolute Gasteiger partial charge is 0.206 e. The number of carbonyl (C=O) groups is 1. The van der Waals surface area contributed by atoms with Gasteiger partial charge in [0.15, 0.2) is 0 Å². The van der Waals surface area contributed by atoms with Gasteiger partial charge in [0.05, 0.1) is 45.0 Å². The summed E-state index contributed by atoms with van der Waals surface area (Å²) in [6.45, 7) is 0. The van der Waals surface area contributed by atoms with Crippen molar-refractivity contribution in [1.82, 2.24) is 0 Å². The molecule has 0 saturated carbocycles. The summed E-state index contributed by atoms with van der Waals surface area (Å²) in [6.07, 6.45) is 8.78. The molecule has 0 spiro atoms. The average molecular weight is 394 g/mol. The topological polar surface area (TPSA) is 55.8 Å². The third-order valence-corrected chi connectivity index (χ3v) is 5.43. The minimum atomic E-state index is -0.0522. The lowest BCUT2D eigenvalue weighted by molar-refractivity contribution is 0.103. The molecule has 0 aliphatic carbocycles. The van der Waals surface area contributed by atoms with E-state index in [1.807, 2.05) is 36.4 Å². The maximum absolute atomic E-state index is 12.4. The van der Waals surface area contributed by atoms with Gasteiger partial charge in [0, 0.05) is 0 Å². The van der Waals surface area contributed by atoms with Crippen LogP contribution in [0.1, 0.15) is 15.9 Å². The summed E-state index contributed by atoms with van der Waals surface area (Å²) < 4.78 is 11.1. The zero-order valence-electron chi connectivity index (χ0n) is 14.0. The molecule has 4 rings (SSSR count). The third kappa shape index (κ3) is 3.67. The molecule has 0 bridgehead atoms. The van der Waals surface area contributed by atoms with E-state index in [1.165, 1.54) is 0 Å². The molecule has 0 atom stereocenters. The first-order valence-corrected chi connectivity index (χ1v) is 9.63. The number of Topliss-reactive ketones (excluding diaryl/α,β-unsaturated/α-hetero) is 1. The molecule has 0 amide bonds. The second-order valence-corrected chi connectivity index (χ2v) is 7.19. The molecule has 27 heavy (non-hydrogen) atoms. The number of hydrogen-bond donors (Lipinski definition) is 1. The fourth-order valence-corrected chi connectivity index (χ4v) is 3.84. The Bertz CT molecular complexity index is 1020. The van der Waals surface area contributed by atoms with Crippen molar-refractivity contribution in [3.8, 4) is 11.5 Å². The lowest BCUT2D eigenvalue weighted by Crippen LogP contribution is -2.09. The van der Waals surface area contributed by atoms with Crippen molar-refractivity contribution in [2.45, 2.75) is 0 Å². The van der Waals surface area contributed by atoms with Gasteiger partial charge in [-0.15, -0.1) is 0 Å². The summed E-state index contributed by atoms with van der Waals surface area (Å²) in [6, 6.07) is 14.5. The van der Waals surface area contributed by atoms with E-state index in [4.69, 9.17) is 8.37 Å². The van der Waals surface area contributed by atoms with Crippen molar-refractivity contribution in [3.05, 3.63) is 99.8 Å². The molecule has 4 nitrogen and oxygen atoms in total. The summed E-state index contributed by atoms with van der Waals surface area (Å²) >= 11 is 2.16. The number of hydrogen-bond acceptors (Lipinski definition) is 6. The van der Waals surface area contributed by atoms with Gasteiger partial charge in [-0.1, -0.05) is 42.5 Å². The van der Waals surface area contributed by atoms with Crippen molar-refractivity contribution in [1.29, 1.82) is 0 Å². The van der Waals surface area contributed by atoms with Gasteiger partial charge in [0.2, 0.25) is 5.78 Å². The van der Waals surface area contributed by atoms with Gasteiger partial charge >= 0.3 is 0 Å². The van der Waals surface area contributed by atoms with E-state index in [9.17, 15) is 9.90 Å². The van der Waals surface area contributed by atoms with Gasteiger partial charge in [0.1, 0.15) is 17.3 Å². The SMILES string of the molecule is O=C1/C(=C/C=CC=CC2=C(O)c3ccccc3OS2)SOc2ccccc21. The number of fused-ring (bicyclic) bond motifs is 2. The molecule has 0 fully saturated rings. The molecule has 6 heteroatoms. The van der Waals surface area contributed by atoms with Crippen LogP contribution in [0.25, 0.3) is 5.76 Å². The molecule has 2 heterocycles. The van der Waals surface area contributed by atoms with Crippen molar-refractivity contribution in [2.24, 2.45) is 0 Å². The fourth-order valence-electron chi connectivity index (χ4n) is 2.54. The highest BCUT2D eigenvalue weighted by Gasteiger charge is 2.23. The monoisotopic (exact) mass is 394 g/mol. The molecule has 1 N–H and O–H groups in total. The molecule has 134 valence electrons. The van der Waals surface area contributed by atoms with Crippen LogP contribution in [-0.2, 0) is 0 Å². The van der Waals surface area contributed by atoms with Crippen LogP contribution < -0.4 is 8.37 Å². The van der Waals surface area contributed by atoms with Crippen LogP contribution >= 0.6 is 24.1 Å². The Morgan fingerprint density at radius 1 is 0.815 bits per heavy atom. The fraction of sp³-hybridized carbons (Fsp3) is 0. The Morgan fingerprint density at radius 3 is 2.30 bits per heavy atom. The van der Waals surface area contributed by atoms with Crippen LogP contribution in [0.5, 0.6) is 11.5 Å². The van der Waals surface area contributed by atoms with Crippen LogP contribution in [0.3, 0.4) is 0 Å². The van der Waals surface area contributed by atoms with E-state index in [0.29, 0.717) is 32.4 Å². The molecule has 2 aromatic carbocycles. The van der Waals surface area contributed by atoms with Crippen LogP contribution in [0, 0.1) is 0 Å². The minimum absolute atomic E-state index is 0.0522. The quantitative estimate of drug-likeness (QED) is 0.399. The first kappa shape index (κ1) is 17.6. The zero-order valence-corrected chi connectivity index (χ0v) is 15.6. The summed E-state index contributed by atoms with van der Waals surface area (Å²) in [4.78, 5) is 13.5. The van der Waals surface area contributed by atoms with E-state index < -0.39 is 0 Å². The summed E-state index contributed by atoms with van der Waals surface area (Å²) in [7, 11) is 0. The normalized spacial score (nSPS) is 17.8. The zero-order chi connectivity index (χ0) is 18.6. The Balaban J connectivity index is 1.46. The number of aliphatic hydroxyl groups is 1. The van der Waals surface area contributed by atoms with Crippen LogP contribution in [0.15, 0.2) is 88.7 Å². The molecule has 0 aromatic heterocycles. The molecule has 0 unspecified atom stereocenters. The average Bonchev–Trinajstić information content (AvgIpc) is 2.71. The molecule has 0 saturated heterocycles. The van der Waals surface area contributed by atoms with Gasteiger partial charge in [-0.2, -0.15) is 0 Å². The molecule has 2 aromatic rings. The predicted octanol–water partition coefficient (Wildman–Crippen LogP) is 5.87. The van der Waals surface area contributed by atoms with Gasteiger partial charge in [0.25, 0.3) is 0 Å². The van der Waals surface area contributed by atoms with Gasteiger partial charge in [-0.3, -0.25) is 4.79 Å². The van der Waals surface area contributed by atoms with E-state index in [1.54, 1.807) is 42.5 Å². The van der Waals surface area contributed by atoms with Gasteiger partial charge < -0.3 is 13.5 Å². The second kappa shape index (κ2) is 7.82. The minimum Gasteiger partial charge on any atom is -0.506 e. The Morgan fingerprint density at radius 2 is 1.48 bits per heavy atom. The number of ketones is 1. The van der Waals surface area contributed by atoms with E-state index in [0.717, 1.165) is 24.1 Å². The third-order valence-electron chi connectivity index (χ3n) is 3.89. The first-order valence-electron chi connectivity index (χ1n) is 8.14. The van der Waals surface area contributed by atoms with Crippen LogP contribution in [0.2, 0.25) is 0 Å². The van der Waals surface area contributed by atoms with Gasteiger partial charge in [-0.25, -0.2) is 0 Å². The van der Waals surface area contributed by atoms with Crippen molar-refractivity contribution < 1.29 is 18.3 Å². The molecular weight excluding hydrogens is 380 g/mol. The Labute approximate surface area is 165 Å². The first-order chi connectivity index (χ1) is 13.2. The number of benzene rings is 2. The van der Waals surface area contributed by atoms with Crippen molar-refractivity contribution in [3.63, 3.8) is 0 Å². The second-order valence-electron chi connectivity index (χ2n) is 5.64. The number of aliphatic hydroxyl groups excluding tert-OH is 1. The lowest BCUT2D eigenvalue weighted by Gasteiger charge is -2.16.